The quantitative estimate of drug-likeness (QED) is 0.747. The number of ketones is 2. The number of carbonyl (C=O) groups is 2. The molecular formula is C19H24FNO2. The SMILES string of the molecule is C[C@]12C=CC(=O)C(N)=C1[C@H](F)C[C@@H]1[C@@H]2CC[C@]2(C)C(=O)CC[C@@H]12. The summed E-state index contributed by atoms with van der Waals surface area (Å²) in [6, 6.07) is 0. The second-order valence-corrected chi connectivity index (χ2v) is 8.31. The minimum Gasteiger partial charge on any atom is -0.395 e. The van der Waals surface area contributed by atoms with E-state index in [4.69, 9.17) is 5.73 Å². The third-order valence-electron chi connectivity index (χ3n) is 7.43. The smallest absolute Gasteiger partial charge is 0.201 e. The molecule has 4 heteroatoms. The molecule has 124 valence electrons. The topological polar surface area (TPSA) is 60.2 Å². The van der Waals surface area contributed by atoms with Crippen LogP contribution in [0.1, 0.15) is 46.0 Å². The summed E-state index contributed by atoms with van der Waals surface area (Å²) in [6.45, 7) is 4.11. The molecule has 3 fully saturated rings. The summed E-state index contributed by atoms with van der Waals surface area (Å²) in [5, 5.41) is 0. The largest absolute Gasteiger partial charge is 0.395 e. The molecule has 3 nitrogen and oxygen atoms in total. The van der Waals surface area contributed by atoms with Crippen LogP contribution in [0.2, 0.25) is 0 Å². The van der Waals surface area contributed by atoms with E-state index in [2.05, 4.69) is 6.92 Å². The number of halogens is 1. The van der Waals surface area contributed by atoms with Crippen molar-refractivity contribution in [3.63, 3.8) is 0 Å². The Morgan fingerprint density at radius 2 is 1.96 bits per heavy atom. The van der Waals surface area contributed by atoms with E-state index >= 15 is 4.39 Å². The van der Waals surface area contributed by atoms with Crippen molar-refractivity contribution in [2.75, 3.05) is 0 Å². The molecule has 0 saturated heterocycles. The maximum absolute atomic E-state index is 15.0. The van der Waals surface area contributed by atoms with Crippen LogP contribution in [0, 0.1) is 28.6 Å². The standard InChI is InChI=1S/C19H24FNO2/c1-18-7-5-12-10(11(18)3-4-15(18)23)9-13(20)16-17(21)14(22)6-8-19(12,16)2/h6,8,10-13H,3-5,7,9,21H2,1-2H3/t10-,11-,12-,13+,18-,19+/m0/s1. The average molecular weight is 317 g/mol. The molecule has 4 aliphatic rings. The highest BCUT2D eigenvalue weighted by molar-refractivity contribution is 6.05. The molecule has 0 aromatic rings. The van der Waals surface area contributed by atoms with Gasteiger partial charge in [-0.1, -0.05) is 19.9 Å². The van der Waals surface area contributed by atoms with Gasteiger partial charge in [-0.2, -0.15) is 0 Å². The van der Waals surface area contributed by atoms with Crippen LogP contribution in [0.4, 0.5) is 4.39 Å². The number of rotatable bonds is 0. The Morgan fingerprint density at radius 1 is 1.22 bits per heavy atom. The minimum atomic E-state index is -1.17. The number of alkyl halides is 1. The summed E-state index contributed by atoms with van der Waals surface area (Å²) in [6.07, 6.45) is 5.93. The Bertz CT molecular complexity index is 666. The molecule has 0 radical (unpaired) electrons. The van der Waals surface area contributed by atoms with Gasteiger partial charge in [-0.15, -0.1) is 0 Å². The highest BCUT2D eigenvalue weighted by atomic mass is 19.1. The summed E-state index contributed by atoms with van der Waals surface area (Å²) in [4.78, 5) is 24.3. The fraction of sp³-hybridized carbons (Fsp3) is 0.684. The number of Topliss-reactive ketones (excluding diaryl/α,β-unsaturated/α-hetero) is 1. The zero-order valence-electron chi connectivity index (χ0n) is 13.8. The van der Waals surface area contributed by atoms with E-state index in [0.717, 1.165) is 19.3 Å². The predicted octanol–water partition coefficient (Wildman–Crippen LogP) is 3.10. The molecule has 6 atom stereocenters. The van der Waals surface area contributed by atoms with E-state index in [1.165, 1.54) is 6.08 Å². The predicted molar refractivity (Wildman–Crippen MR) is 85.0 cm³/mol. The molecule has 0 spiro atoms. The van der Waals surface area contributed by atoms with Gasteiger partial charge in [0, 0.05) is 22.8 Å². The fourth-order valence-corrected chi connectivity index (χ4v) is 6.17. The summed E-state index contributed by atoms with van der Waals surface area (Å²) in [5.41, 5.74) is 5.83. The third-order valence-corrected chi connectivity index (χ3v) is 7.43. The van der Waals surface area contributed by atoms with E-state index in [0.29, 0.717) is 24.2 Å². The van der Waals surface area contributed by atoms with Gasteiger partial charge in [-0.3, -0.25) is 9.59 Å². The maximum Gasteiger partial charge on any atom is 0.201 e. The lowest BCUT2D eigenvalue weighted by Crippen LogP contribution is -2.53. The molecule has 2 N–H and O–H groups in total. The molecule has 4 aliphatic carbocycles. The van der Waals surface area contributed by atoms with Crippen molar-refractivity contribution in [3.8, 4) is 0 Å². The van der Waals surface area contributed by atoms with Crippen molar-refractivity contribution in [2.24, 2.45) is 34.3 Å². The van der Waals surface area contributed by atoms with E-state index in [1.807, 2.05) is 13.0 Å². The molecule has 0 aromatic heterocycles. The Hall–Kier alpha value is -1.45. The number of nitrogens with two attached hydrogens (primary N) is 1. The molecule has 0 unspecified atom stereocenters. The number of fused-ring (bicyclic) bond motifs is 5. The first-order valence-corrected chi connectivity index (χ1v) is 8.70. The molecule has 0 amide bonds. The van der Waals surface area contributed by atoms with Gasteiger partial charge in [-0.05, 0) is 49.5 Å². The molecule has 23 heavy (non-hydrogen) atoms. The van der Waals surface area contributed by atoms with Gasteiger partial charge in [0.2, 0.25) is 5.78 Å². The Labute approximate surface area is 136 Å². The van der Waals surface area contributed by atoms with Crippen molar-refractivity contribution in [3.05, 3.63) is 23.4 Å². The van der Waals surface area contributed by atoms with Crippen LogP contribution in [0.3, 0.4) is 0 Å². The van der Waals surface area contributed by atoms with Gasteiger partial charge >= 0.3 is 0 Å². The van der Waals surface area contributed by atoms with Gasteiger partial charge in [0.25, 0.3) is 0 Å². The maximum atomic E-state index is 15.0. The van der Waals surface area contributed by atoms with Crippen molar-refractivity contribution >= 4 is 11.6 Å². The summed E-state index contributed by atoms with van der Waals surface area (Å²) in [5.74, 6) is 0.843. The first kappa shape index (κ1) is 15.1. The van der Waals surface area contributed by atoms with Gasteiger partial charge in [0.1, 0.15) is 12.0 Å². The van der Waals surface area contributed by atoms with Crippen LogP contribution in [-0.2, 0) is 9.59 Å². The van der Waals surface area contributed by atoms with Crippen molar-refractivity contribution in [2.45, 2.75) is 52.1 Å². The number of carbonyl (C=O) groups excluding carboxylic acids is 2. The Kier molecular flexibility index (Phi) is 2.99. The van der Waals surface area contributed by atoms with Crippen LogP contribution in [0.5, 0.6) is 0 Å². The van der Waals surface area contributed by atoms with Gasteiger partial charge < -0.3 is 5.73 Å². The molecule has 3 saturated carbocycles. The average Bonchev–Trinajstić information content (AvgIpc) is 2.79. The zero-order valence-corrected chi connectivity index (χ0v) is 13.8. The van der Waals surface area contributed by atoms with Crippen molar-refractivity contribution < 1.29 is 14.0 Å². The van der Waals surface area contributed by atoms with Crippen LogP contribution in [0.25, 0.3) is 0 Å². The lowest BCUT2D eigenvalue weighted by molar-refractivity contribution is -0.132. The van der Waals surface area contributed by atoms with Gasteiger partial charge in [0.15, 0.2) is 0 Å². The minimum absolute atomic E-state index is 0.108. The summed E-state index contributed by atoms with van der Waals surface area (Å²) < 4.78 is 15.0. The Morgan fingerprint density at radius 3 is 2.70 bits per heavy atom. The molecule has 0 aliphatic heterocycles. The molecule has 0 bridgehead atoms. The van der Waals surface area contributed by atoms with E-state index < -0.39 is 11.6 Å². The summed E-state index contributed by atoms with van der Waals surface area (Å²) in [7, 11) is 0. The monoisotopic (exact) mass is 317 g/mol. The van der Waals surface area contributed by atoms with E-state index in [9.17, 15) is 9.59 Å². The lowest BCUT2D eigenvalue weighted by atomic mass is 9.48. The van der Waals surface area contributed by atoms with Crippen molar-refractivity contribution in [1.82, 2.24) is 0 Å². The zero-order chi connectivity index (χ0) is 16.6. The molecule has 0 heterocycles. The van der Waals surface area contributed by atoms with Crippen molar-refractivity contribution in [1.29, 1.82) is 0 Å². The first-order valence-electron chi connectivity index (χ1n) is 8.70. The molecule has 4 rings (SSSR count). The molecule has 0 aromatic carbocycles. The van der Waals surface area contributed by atoms with Gasteiger partial charge in [-0.25, -0.2) is 4.39 Å². The Balaban J connectivity index is 1.79. The van der Waals surface area contributed by atoms with Crippen LogP contribution in [0.15, 0.2) is 23.4 Å². The molecular weight excluding hydrogens is 293 g/mol. The number of hydrogen-bond donors (Lipinski definition) is 1. The highest BCUT2D eigenvalue weighted by Gasteiger charge is 2.60. The lowest BCUT2D eigenvalue weighted by Gasteiger charge is -2.56. The van der Waals surface area contributed by atoms with Crippen LogP contribution in [-0.4, -0.2) is 17.7 Å². The third kappa shape index (κ3) is 1.75. The number of allylic oxidation sites excluding steroid dienone is 3. The second-order valence-electron chi connectivity index (χ2n) is 8.31. The van der Waals surface area contributed by atoms with Crippen LogP contribution < -0.4 is 5.73 Å². The first-order chi connectivity index (χ1) is 10.8. The fourth-order valence-electron chi connectivity index (χ4n) is 6.17. The van der Waals surface area contributed by atoms with E-state index in [-0.39, 0.29) is 34.6 Å². The highest BCUT2D eigenvalue weighted by Crippen LogP contribution is 2.64. The van der Waals surface area contributed by atoms with E-state index in [1.54, 1.807) is 0 Å². The van der Waals surface area contributed by atoms with Crippen LogP contribution >= 0.6 is 0 Å². The second kappa shape index (κ2) is 4.55. The summed E-state index contributed by atoms with van der Waals surface area (Å²) >= 11 is 0. The normalized spacial score (nSPS) is 49.0. The number of hydrogen-bond acceptors (Lipinski definition) is 3. The van der Waals surface area contributed by atoms with Gasteiger partial charge in [0.05, 0.1) is 5.70 Å².